The van der Waals surface area contributed by atoms with Crippen molar-refractivity contribution in [3.8, 4) is 0 Å². The fraction of sp³-hybridized carbons (Fsp3) is 0.750. The maximum Gasteiger partial charge on any atom is 0.150 e. The summed E-state index contributed by atoms with van der Waals surface area (Å²) in [5, 5.41) is 4.45. The van der Waals surface area contributed by atoms with Crippen molar-refractivity contribution in [1.29, 1.82) is 0 Å². The largest absolute Gasteiger partial charge is 0.355 e. The number of aromatic nitrogens is 2. The highest BCUT2D eigenvalue weighted by atomic mass is 15.3. The molecule has 1 saturated heterocycles. The summed E-state index contributed by atoms with van der Waals surface area (Å²) in [5.74, 6) is 2.88. The Hall–Kier alpha value is -0.990. The number of hydrogen-bond acceptors (Lipinski definition) is 2. The van der Waals surface area contributed by atoms with E-state index in [4.69, 9.17) is 0 Å². The minimum absolute atomic E-state index is 0.830. The van der Waals surface area contributed by atoms with E-state index < -0.39 is 0 Å². The lowest BCUT2D eigenvalue weighted by atomic mass is 9.87. The first-order chi connectivity index (χ1) is 7.16. The van der Waals surface area contributed by atoms with Gasteiger partial charge in [0.2, 0.25) is 0 Å². The Balaban J connectivity index is 1.93. The summed E-state index contributed by atoms with van der Waals surface area (Å²) in [6, 6.07) is 2.11. The summed E-state index contributed by atoms with van der Waals surface area (Å²) in [5.41, 5.74) is 0. The van der Waals surface area contributed by atoms with Gasteiger partial charge >= 0.3 is 0 Å². The molecule has 1 fully saturated rings. The van der Waals surface area contributed by atoms with Gasteiger partial charge in [0, 0.05) is 32.4 Å². The van der Waals surface area contributed by atoms with Gasteiger partial charge in [-0.05, 0) is 24.7 Å². The zero-order valence-corrected chi connectivity index (χ0v) is 9.98. The Labute approximate surface area is 92.1 Å². The molecule has 1 aliphatic heterocycles. The van der Waals surface area contributed by atoms with Crippen LogP contribution in [0.1, 0.15) is 26.7 Å². The smallest absolute Gasteiger partial charge is 0.150 e. The quantitative estimate of drug-likeness (QED) is 0.742. The van der Waals surface area contributed by atoms with Crippen molar-refractivity contribution in [3.63, 3.8) is 0 Å². The summed E-state index contributed by atoms with van der Waals surface area (Å²) in [4.78, 5) is 2.40. The zero-order chi connectivity index (χ0) is 10.8. The van der Waals surface area contributed by atoms with Crippen LogP contribution in [0.25, 0.3) is 0 Å². The van der Waals surface area contributed by atoms with E-state index in [2.05, 4.69) is 29.9 Å². The Kier molecular flexibility index (Phi) is 2.98. The number of nitrogens with zero attached hydrogens (tertiary/aromatic N) is 3. The average molecular weight is 207 g/mol. The minimum Gasteiger partial charge on any atom is -0.355 e. The molecule has 0 aliphatic carbocycles. The van der Waals surface area contributed by atoms with Crippen LogP contribution in [0.3, 0.4) is 0 Å². The average Bonchev–Trinajstić information content (AvgIpc) is 2.65. The van der Waals surface area contributed by atoms with Gasteiger partial charge in [0.25, 0.3) is 0 Å². The summed E-state index contributed by atoms with van der Waals surface area (Å²) in [7, 11) is 1.98. The second-order valence-corrected chi connectivity index (χ2v) is 4.92. The Morgan fingerprint density at radius 2 is 2.00 bits per heavy atom. The van der Waals surface area contributed by atoms with Crippen molar-refractivity contribution in [2.24, 2.45) is 18.9 Å². The molecule has 0 atom stereocenters. The Morgan fingerprint density at radius 1 is 1.33 bits per heavy atom. The maximum atomic E-state index is 4.45. The van der Waals surface area contributed by atoms with Crippen LogP contribution in [0.4, 0.5) is 5.82 Å². The lowest BCUT2D eigenvalue weighted by Gasteiger charge is -2.33. The van der Waals surface area contributed by atoms with E-state index in [0.717, 1.165) is 17.7 Å². The van der Waals surface area contributed by atoms with Crippen molar-refractivity contribution in [3.05, 3.63) is 12.3 Å². The lowest BCUT2D eigenvalue weighted by molar-refractivity contribution is 0.310. The third-order valence-electron chi connectivity index (χ3n) is 3.51. The van der Waals surface area contributed by atoms with Crippen LogP contribution in [-0.2, 0) is 7.05 Å². The standard InChI is InChI=1S/C12H21N3/c1-10(2)11-4-8-15(9-5-11)12-6-7-14(3)13-12/h6-7,10-11H,4-5,8-9H2,1-3H3. The highest BCUT2D eigenvalue weighted by Gasteiger charge is 2.22. The van der Waals surface area contributed by atoms with Crippen LogP contribution >= 0.6 is 0 Å². The van der Waals surface area contributed by atoms with Crippen LogP contribution in [0.15, 0.2) is 12.3 Å². The van der Waals surface area contributed by atoms with Gasteiger partial charge in [-0.3, -0.25) is 4.68 Å². The monoisotopic (exact) mass is 207 g/mol. The summed E-state index contributed by atoms with van der Waals surface area (Å²) in [6.45, 7) is 7.00. The molecule has 0 N–H and O–H groups in total. The second-order valence-electron chi connectivity index (χ2n) is 4.92. The molecule has 0 amide bonds. The molecule has 0 spiro atoms. The van der Waals surface area contributed by atoms with Crippen molar-refractivity contribution < 1.29 is 0 Å². The van der Waals surface area contributed by atoms with Gasteiger partial charge < -0.3 is 4.90 Å². The Morgan fingerprint density at radius 3 is 2.47 bits per heavy atom. The second kappa shape index (κ2) is 4.25. The molecule has 0 unspecified atom stereocenters. The van der Waals surface area contributed by atoms with E-state index in [1.54, 1.807) is 0 Å². The molecule has 2 heterocycles. The van der Waals surface area contributed by atoms with Crippen molar-refractivity contribution in [1.82, 2.24) is 9.78 Å². The first-order valence-corrected chi connectivity index (χ1v) is 5.91. The molecule has 0 radical (unpaired) electrons. The SMILES string of the molecule is CC(C)C1CCN(c2ccn(C)n2)CC1. The van der Waals surface area contributed by atoms with E-state index in [9.17, 15) is 0 Å². The molecule has 3 nitrogen and oxygen atoms in total. The molecule has 0 aromatic carbocycles. The zero-order valence-electron chi connectivity index (χ0n) is 9.98. The van der Waals surface area contributed by atoms with Crippen molar-refractivity contribution >= 4 is 5.82 Å². The molecule has 15 heavy (non-hydrogen) atoms. The highest BCUT2D eigenvalue weighted by Crippen LogP contribution is 2.26. The van der Waals surface area contributed by atoms with Gasteiger partial charge in [-0.2, -0.15) is 5.10 Å². The first-order valence-electron chi connectivity index (χ1n) is 5.91. The van der Waals surface area contributed by atoms with Crippen LogP contribution < -0.4 is 4.90 Å². The van der Waals surface area contributed by atoms with Gasteiger partial charge in [0.1, 0.15) is 0 Å². The number of anilines is 1. The molecule has 1 aromatic rings. The van der Waals surface area contributed by atoms with Crippen LogP contribution in [0.2, 0.25) is 0 Å². The lowest BCUT2D eigenvalue weighted by Crippen LogP contribution is -2.35. The summed E-state index contributed by atoms with van der Waals surface area (Å²) >= 11 is 0. The summed E-state index contributed by atoms with van der Waals surface area (Å²) in [6.07, 6.45) is 4.65. The van der Waals surface area contributed by atoms with E-state index in [1.165, 1.54) is 25.9 Å². The third kappa shape index (κ3) is 2.33. The fourth-order valence-corrected chi connectivity index (χ4v) is 2.37. The van der Waals surface area contributed by atoms with Crippen LogP contribution in [0.5, 0.6) is 0 Å². The molecular formula is C12H21N3. The van der Waals surface area contributed by atoms with Crippen LogP contribution in [0, 0.1) is 11.8 Å². The minimum atomic E-state index is 0.830. The van der Waals surface area contributed by atoms with Gasteiger partial charge in [0.05, 0.1) is 0 Å². The predicted octanol–water partition coefficient (Wildman–Crippen LogP) is 2.29. The van der Waals surface area contributed by atoms with Gasteiger partial charge in [-0.25, -0.2) is 0 Å². The predicted molar refractivity (Wildman–Crippen MR) is 63.0 cm³/mol. The number of aryl methyl sites for hydroxylation is 1. The molecule has 1 aromatic heterocycles. The third-order valence-corrected chi connectivity index (χ3v) is 3.51. The Bertz CT molecular complexity index is 308. The molecule has 3 heteroatoms. The van der Waals surface area contributed by atoms with Gasteiger partial charge in [-0.1, -0.05) is 13.8 Å². The summed E-state index contributed by atoms with van der Waals surface area (Å²) < 4.78 is 1.88. The van der Waals surface area contributed by atoms with Crippen LogP contribution in [-0.4, -0.2) is 22.9 Å². The molecule has 0 bridgehead atoms. The molecule has 84 valence electrons. The molecule has 2 rings (SSSR count). The van der Waals surface area contributed by atoms with E-state index in [1.807, 2.05) is 17.9 Å². The van der Waals surface area contributed by atoms with Crippen molar-refractivity contribution in [2.45, 2.75) is 26.7 Å². The highest BCUT2D eigenvalue weighted by molar-refractivity contribution is 5.37. The normalized spacial score (nSPS) is 18.8. The topological polar surface area (TPSA) is 21.1 Å². The molecular weight excluding hydrogens is 186 g/mol. The first kappa shape index (κ1) is 10.5. The molecule has 1 aliphatic rings. The van der Waals surface area contributed by atoms with E-state index in [0.29, 0.717) is 0 Å². The number of piperidine rings is 1. The van der Waals surface area contributed by atoms with Gasteiger partial charge in [-0.15, -0.1) is 0 Å². The number of hydrogen-bond donors (Lipinski definition) is 0. The molecule has 0 saturated carbocycles. The number of rotatable bonds is 2. The van der Waals surface area contributed by atoms with E-state index >= 15 is 0 Å². The maximum absolute atomic E-state index is 4.45. The van der Waals surface area contributed by atoms with Gasteiger partial charge in [0.15, 0.2) is 5.82 Å². The van der Waals surface area contributed by atoms with E-state index in [-0.39, 0.29) is 0 Å². The van der Waals surface area contributed by atoms with Crippen molar-refractivity contribution in [2.75, 3.05) is 18.0 Å². The fourth-order valence-electron chi connectivity index (χ4n) is 2.37.